The molecule has 0 amide bonds. The van der Waals surface area contributed by atoms with Gasteiger partial charge < -0.3 is 15.5 Å². The van der Waals surface area contributed by atoms with E-state index in [1.807, 2.05) is 28.1 Å². The summed E-state index contributed by atoms with van der Waals surface area (Å²) in [6.07, 6.45) is 0.128. The van der Waals surface area contributed by atoms with Crippen molar-refractivity contribution in [1.29, 1.82) is 0 Å². The molecule has 0 fully saturated rings. The molecule has 3 nitrogen and oxygen atoms in total. The highest BCUT2D eigenvalue weighted by Crippen LogP contribution is 2.18. The molecular weight excluding hydrogens is 193 g/mol. The predicted molar refractivity (Wildman–Crippen MR) is 61.9 cm³/mol. The van der Waals surface area contributed by atoms with Crippen molar-refractivity contribution in [3.8, 4) is 0 Å². The van der Waals surface area contributed by atoms with Crippen LogP contribution in [0.25, 0.3) is 0 Å². The van der Waals surface area contributed by atoms with E-state index in [4.69, 9.17) is 5.73 Å². The monoisotopic (exact) mass is 212 g/mol. The number of anilines is 2. The lowest BCUT2D eigenvalue weighted by atomic mass is 10.2. The first-order chi connectivity index (χ1) is 6.80. The Morgan fingerprint density at radius 1 is 1.33 bits per heavy atom. The summed E-state index contributed by atoms with van der Waals surface area (Å²) in [4.78, 5) is 0. The van der Waals surface area contributed by atoms with Gasteiger partial charge in [-0.1, -0.05) is 0 Å². The third-order valence-corrected chi connectivity index (χ3v) is 2.52. The Morgan fingerprint density at radius 2 is 1.93 bits per heavy atom. The molecule has 4 heteroatoms. The molecule has 15 heavy (non-hydrogen) atoms. The third kappa shape index (κ3) is 3.09. The van der Waals surface area contributed by atoms with Gasteiger partial charge in [0.05, 0.1) is 26.8 Å². The summed E-state index contributed by atoms with van der Waals surface area (Å²) in [5.74, 6) is -0.310. The maximum Gasteiger partial charge on any atom is 0.158 e. The molecule has 0 bridgehead atoms. The Kier molecular flexibility index (Phi) is 3.19. The molecule has 1 aromatic carbocycles. The van der Waals surface area contributed by atoms with E-state index in [1.54, 1.807) is 12.1 Å². The van der Waals surface area contributed by atoms with Gasteiger partial charge in [0.25, 0.3) is 0 Å². The SMILES string of the molecule is CC(Nc1ccc(N)cc1F)[N+](C)(C)C. The van der Waals surface area contributed by atoms with Crippen molar-refractivity contribution in [1.82, 2.24) is 0 Å². The van der Waals surface area contributed by atoms with Gasteiger partial charge in [0.1, 0.15) is 5.82 Å². The van der Waals surface area contributed by atoms with E-state index in [2.05, 4.69) is 5.32 Å². The van der Waals surface area contributed by atoms with E-state index >= 15 is 0 Å². The maximum atomic E-state index is 13.4. The number of nitrogens with one attached hydrogen (secondary N) is 1. The Morgan fingerprint density at radius 3 is 2.40 bits per heavy atom. The van der Waals surface area contributed by atoms with Gasteiger partial charge in [0.2, 0.25) is 0 Å². The van der Waals surface area contributed by atoms with Gasteiger partial charge in [0, 0.05) is 12.6 Å². The average Bonchev–Trinajstić information content (AvgIpc) is 2.08. The van der Waals surface area contributed by atoms with Crippen LogP contribution in [-0.4, -0.2) is 31.8 Å². The van der Waals surface area contributed by atoms with Crippen LogP contribution >= 0.6 is 0 Å². The number of rotatable bonds is 3. The zero-order chi connectivity index (χ0) is 11.6. The van der Waals surface area contributed by atoms with Gasteiger partial charge >= 0.3 is 0 Å². The number of nitrogens with zero attached hydrogens (tertiary/aromatic N) is 1. The summed E-state index contributed by atoms with van der Waals surface area (Å²) < 4.78 is 14.2. The Labute approximate surface area is 90.3 Å². The minimum absolute atomic E-state index is 0.128. The number of nitrogen functional groups attached to an aromatic ring is 1. The van der Waals surface area contributed by atoms with Crippen LogP contribution in [0.3, 0.4) is 0 Å². The van der Waals surface area contributed by atoms with Crippen molar-refractivity contribution in [2.45, 2.75) is 13.1 Å². The lowest BCUT2D eigenvalue weighted by Gasteiger charge is -2.32. The summed E-state index contributed by atoms with van der Waals surface area (Å²) >= 11 is 0. The highest BCUT2D eigenvalue weighted by Gasteiger charge is 2.18. The summed E-state index contributed by atoms with van der Waals surface area (Å²) in [5, 5.41) is 3.12. The minimum Gasteiger partial charge on any atom is -0.399 e. The highest BCUT2D eigenvalue weighted by atomic mass is 19.1. The van der Waals surface area contributed by atoms with Crippen molar-refractivity contribution in [2.24, 2.45) is 0 Å². The molecule has 1 atom stereocenters. The lowest BCUT2D eigenvalue weighted by molar-refractivity contribution is -0.890. The number of benzene rings is 1. The standard InChI is InChI=1S/C11H19FN3/c1-8(15(2,3)4)14-11-6-5-9(13)7-10(11)12/h5-8,14H,13H2,1-4H3/q+1. The molecule has 0 spiro atoms. The first-order valence-electron chi connectivity index (χ1n) is 4.93. The third-order valence-electron chi connectivity index (χ3n) is 2.52. The second-order valence-electron chi connectivity index (χ2n) is 4.68. The molecule has 84 valence electrons. The van der Waals surface area contributed by atoms with E-state index in [1.165, 1.54) is 6.07 Å². The Balaban J connectivity index is 2.82. The van der Waals surface area contributed by atoms with Crippen LogP contribution < -0.4 is 11.1 Å². The van der Waals surface area contributed by atoms with E-state index < -0.39 is 0 Å². The maximum absolute atomic E-state index is 13.4. The molecule has 0 aromatic heterocycles. The fourth-order valence-electron chi connectivity index (χ4n) is 1.07. The van der Waals surface area contributed by atoms with Gasteiger partial charge in [-0.2, -0.15) is 0 Å². The normalized spacial score (nSPS) is 13.7. The van der Waals surface area contributed by atoms with Gasteiger partial charge in [-0.3, -0.25) is 0 Å². The van der Waals surface area contributed by atoms with E-state index in [0.717, 1.165) is 0 Å². The number of nitrogens with two attached hydrogens (primary N) is 1. The fourth-order valence-corrected chi connectivity index (χ4v) is 1.07. The molecule has 0 aliphatic carbocycles. The smallest absolute Gasteiger partial charge is 0.158 e. The van der Waals surface area contributed by atoms with Gasteiger partial charge in [0.15, 0.2) is 6.17 Å². The lowest BCUT2D eigenvalue weighted by Crippen LogP contribution is -2.47. The molecule has 0 aliphatic heterocycles. The molecule has 0 radical (unpaired) electrons. The molecule has 3 N–H and O–H groups in total. The molecule has 0 aliphatic rings. The molecule has 0 saturated carbocycles. The van der Waals surface area contributed by atoms with Crippen LogP contribution in [0, 0.1) is 5.82 Å². The fraction of sp³-hybridized carbons (Fsp3) is 0.455. The second kappa shape index (κ2) is 4.06. The molecule has 0 heterocycles. The Bertz CT molecular complexity index is 344. The van der Waals surface area contributed by atoms with Crippen molar-refractivity contribution in [2.75, 3.05) is 32.2 Å². The molecule has 1 unspecified atom stereocenters. The van der Waals surface area contributed by atoms with E-state index in [9.17, 15) is 4.39 Å². The summed E-state index contributed by atoms with van der Waals surface area (Å²) in [6, 6.07) is 4.68. The first kappa shape index (κ1) is 11.8. The van der Waals surface area contributed by atoms with Crippen molar-refractivity contribution < 1.29 is 8.87 Å². The van der Waals surface area contributed by atoms with Crippen LogP contribution in [0.1, 0.15) is 6.92 Å². The topological polar surface area (TPSA) is 38.0 Å². The zero-order valence-electron chi connectivity index (χ0n) is 9.71. The molecule has 0 saturated heterocycles. The van der Waals surface area contributed by atoms with Gasteiger partial charge in [-0.25, -0.2) is 4.39 Å². The molecular formula is C11H19FN3+. The predicted octanol–water partition coefficient (Wildman–Crippen LogP) is 1.87. The quantitative estimate of drug-likeness (QED) is 0.456. The highest BCUT2D eigenvalue weighted by molar-refractivity contribution is 5.52. The summed E-state index contributed by atoms with van der Waals surface area (Å²) in [6.45, 7) is 2.01. The largest absolute Gasteiger partial charge is 0.399 e. The zero-order valence-corrected chi connectivity index (χ0v) is 9.71. The van der Waals surface area contributed by atoms with Crippen LogP contribution in [-0.2, 0) is 0 Å². The summed E-state index contributed by atoms with van der Waals surface area (Å²) in [7, 11) is 6.15. The second-order valence-corrected chi connectivity index (χ2v) is 4.68. The van der Waals surface area contributed by atoms with Crippen molar-refractivity contribution in [3.63, 3.8) is 0 Å². The van der Waals surface area contributed by atoms with Crippen LogP contribution in [0.15, 0.2) is 18.2 Å². The van der Waals surface area contributed by atoms with Crippen molar-refractivity contribution >= 4 is 11.4 Å². The number of halogens is 1. The van der Waals surface area contributed by atoms with Crippen molar-refractivity contribution in [3.05, 3.63) is 24.0 Å². The Hall–Kier alpha value is -1.29. The summed E-state index contributed by atoms with van der Waals surface area (Å²) in [5.41, 5.74) is 6.40. The van der Waals surface area contributed by atoms with Gasteiger partial charge in [-0.15, -0.1) is 0 Å². The number of hydrogen-bond donors (Lipinski definition) is 2. The first-order valence-corrected chi connectivity index (χ1v) is 4.93. The molecule has 1 rings (SSSR count). The average molecular weight is 212 g/mol. The minimum atomic E-state index is -0.310. The van der Waals surface area contributed by atoms with Crippen LogP contribution in [0.2, 0.25) is 0 Å². The number of hydrogen-bond acceptors (Lipinski definition) is 2. The van der Waals surface area contributed by atoms with Crippen LogP contribution in [0.4, 0.5) is 15.8 Å². The van der Waals surface area contributed by atoms with E-state index in [-0.39, 0.29) is 12.0 Å². The molecule has 1 aromatic rings. The number of quaternary nitrogens is 1. The van der Waals surface area contributed by atoms with Gasteiger partial charge in [-0.05, 0) is 18.2 Å². The van der Waals surface area contributed by atoms with Crippen LogP contribution in [0.5, 0.6) is 0 Å². The van der Waals surface area contributed by atoms with E-state index in [0.29, 0.717) is 15.9 Å².